The van der Waals surface area contributed by atoms with E-state index < -0.39 is 6.04 Å². The van der Waals surface area contributed by atoms with E-state index in [2.05, 4.69) is 19.9 Å². The van der Waals surface area contributed by atoms with Gasteiger partial charge in [0.2, 0.25) is 5.91 Å². The van der Waals surface area contributed by atoms with Crippen molar-refractivity contribution in [3.63, 3.8) is 0 Å². The van der Waals surface area contributed by atoms with E-state index in [9.17, 15) is 9.59 Å². The highest BCUT2D eigenvalue weighted by Crippen LogP contribution is 2.37. The highest BCUT2D eigenvalue weighted by atomic mass is 35.5. The summed E-state index contributed by atoms with van der Waals surface area (Å²) in [4.78, 5) is 45.0. The summed E-state index contributed by atoms with van der Waals surface area (Å²) in [6.45, 7) is 6.37. The molecule has 1 atom stereocenters. The normalized spacial score (nSPS) is 18.8. The Bertz CT molecular complexity index is 932. The lowest BCUT2D eigenvalue weighted by molar-refractivity contribution is -0.131. The molecule has 0 unspecified atom stereocenters. The van der Waals surface area contributed by atoms with Crippen LogP contribution >= 0.6 is 11.6 Å². The molecule has 9 heteroatoms. The fourth-order valence-corrected chi connectivity index (χ4v) is 4.41. The van der Waals surface area contributed by atoms with E-state index in [-0.39, 0.29) is 23.9 Å². The number of anilines is 1. The van der Waals surface area contributed by atoms with Crippen LogP contribution in [0.25, 0.3) is 0 Å². The molecular weight excluding hydrogens is 416 g/mol. The smallest absolute Gasteiger partial charge is 0.280 e. The third-order valence-electron chi connectivity index (χ3n) is 5.97. The predicted molar refractivity (Wildman–Crippen MR) is 118 cm³/mol. The number of likely N-dealkylation sites (N-methyl/N-ethyl adjacent to an activating group) is 1. The Hall–Kier alpha value is -2.58. The number of pyridine rings is 1. The number of carbonyl (C=O) groups is 2. The highest BCUT2D eigenvalue weighted by Gasteiger charge is 2.42. The van der Waals surface area contributed by atoms with E-state index in [1.807, 2.05) is 11.8 Å². The minimum absolute atomic E-state index is 0.00484. The molecule has 0 bridgehead atoms. The van der Waals surface area contributed by atoms with Crippen LogP contribution in [0.4, 0.5) is 5.82 Å². The first-order valence-corrected chi connectivity index (χ1v) is 11.2. The monoisotopic (exact) mass is 442 g/mol. The van der Waals surface area contributed by atoms with Gasteiger partial charge < -0.3 is 9.80 Å². The van der Waals surface area contributed by atoms with Gasteiger partial charge in [-0.2, -0.15) is 0 Å². The molecule has 4 heterocycles. The molecular formula is C22H27ClN6O2. The van der Waals surface area contributed by atoms with Crippen LogP contribution < -0.4 is 4.90 Å². The summed E-state index contributed by atoms with van der Waals surface area (Å²) in [5.74, 6) is 0.130. The quantitative estimate of drug-likeness (QED) is 0.655. The second-order valence-corrected chi connectivity index (χ2v) is 8.33. The lowest BCUT2D eigenvalue weighted by Gasteiger charge is -2.31. The van der Waals surface area contributed by atoms with Crippen molar-refractivity contribution >= 4 is 29.2 Å². The minimum Gasteiger partial charge on any atom is -0.342 e. The summed E-state index contributed by atoms with van der Waals surface area (Å²) < 4.78 is 0. The van der Waals surface area contributed by atoms with Gasteiger partial charge in [-0.25, -0.2) is 9.97 Å². The fraction of sp³-hybridized carbons (Fsp3) is 0.500. The molecule has 164 valence electrons. The summed E-state index contributed by atoms with van der Waals surface area (Å²) in [5.41, 5.74) is 0.790. The Morgan fingerprint density at radius 1 is 1.16 bits per heavy atom. The van der Waals surface area contributed by atoms with Crippen molar-refractivity contribution in [3.05, 3.63) is 47.1 Å². The molecule has 2 aromatic rings. The first-order valence-electron chi connectivity index (χ1n) is 10.8. The van der Waals surface area contributed by atoms with Gasteiger partial charge in [0.1, 0.15) is 5.82 Å². The van der Waals surface area contributed by atoms with E-state index in [4.69, 9.17) is 11.6 Å². The molecule has 0 saturated carbocycles. The van der Waals surface area contributed by atoms with Crippen molar-refractivity contribution < 1.29 is 9.59 Å². The predicted octanol–water partition coefficient (Wildman–Crippen LogP) is 2.95. The molecule has 0 spiro atoms. The number of nitrogens with zero attached hydrogens (tertiary/aromatic N) is 6. The highest BCUT2D eigenvalue weighted by molar-refractivity contribution is 6.30. The molecule has 1 fully saturated rings. The topological polar surface area (TPSA) is 82.5 Å². The van der Waals surface area contributed by atoms with E-state index in [0.29, 0.717) is 29.6 Å². The van der Waals surface area contributed by atoms with E-state index >= 15 is 0 Å². The molecule has 2 aliphatic heterocycles. The number of hydrogen-bond donors (Lipinski definition) is 0. The van der Waals surface area contributed by atoms with Gasteiger partial charge in [-0.3, -0.25) is 19.5 Å². The van der Waals surface area contributed by atoms with Gasteiger partial charge in [-0.1, -0.05) is 18.0 Å². The van der Waals surface area contributed by atoms with Crippen LogP contribution in [-0.2, 0) is 4.79 Å². The Morgan fingerprint density at radius 2 is 1.94 bits per heavy atom. The molecule has 0 radical (unpaired) electrons. The third-order valence-corrected chi connectivity index (χ3v) is 6.19. The number of fused-ring (bicyclic) bond motifs is 1. The maximum absolute atomic E-state index is 13.2. The van der Waals surface area contributed by atoms with Crippen molar-refractivity contribution in [1.29, 1.82) is 0 Å². The van der Waals surface area contributed by atoms with Gasteiger partial charge in [0.05, 0.1) is 23.2 Å². The standard InChI is InChI=1S/C22H27ClN6O2/c1-2-28(13-12-27-10-4-3-5-11-27)19(30)14-17-20-21(25-9-8-24-20)22(31)29(17)18-7-6-16(23)15-26-18/h6-9,15,17H,2-5,10-14H2,1H3/t17-/m0/s1. The summed E-state index contributed by atoms with van der Waals surface area (Å²) >= 11 is 5.97. The fourth-order valence-electron chi connectivity index (χ4n) is 4.30. The van der Waals surface area contributed by atoms with Crippen molar-refractivity contribution in [2.45, 2.75) is 38.6 Å². The lowest BCUT2D eigenvalue weighted by Crippen LogP contribution is -2.41. The van der Waals surface area contributed by atoms with Crippen LogP contribution in [0.3, 0.4) is 0 Å². The average molecular weight is 443 g/mol. The number of aromatic nitrogens is 3. The van der Waals surface area contributed by atoms with Crippen molar-refractivity contribution in [2.24, 2.45) is 0 Å². The molecule has 1 saturated heterocycles. The molecule has 4 rings (SSSR count). The number of likely N-dealkylation sites (tertiary alicyclic amines) is 1. The van der Waals surface area contributed by atoms with Crippen molar-refractivity contribution in [2.75, 3.05) is 37.6 Å². The van der Waals surface area contributed by atoms with Gasteiger partial charge >= 0.3 is 0 Å². The van der Waals surface area contributed by atoms with E-state index in [1.54, 1.807) is 18.3 Å². The minimum atomic E-state index is -0.540. The van der Waals surface area contributed by atoms with Gasteiger partial charge in [0.15, 0.2) is 5.69 Å². The molecule has 8 nitrogen and oxygen atoms in total. The summed E-state index contributed by atoms with van der Waals surface area (Å²) in [6.07, 6.45) is 8.41. The zero-order valence-corrected chi connectivity index (χ0v) is 18.5. The number of rotatable bonds is 7. The zero-order valence-electron chi connectivity index (χ0n) is 17.7. The summed E-state index contributed by atoms with van der Waals surface area (Å²) in [5, 5.41) is 0.478. The maximum atomic E-state index is 13.2. The molecule has 2 aliphatic rings. The van der Waals surface area contributed by atoms with Gasteiger partial charge in [0.25, 0.3) is 5.91 Å². The average Bonchev–Trinajstić information content (AvgIpc) is 3.07. The van der Waals surface area contributed by atoms with Crippen LogP contribution in [0.2, 0.25) is 5.02 Å². The molecule has 0 N–H and O–H groups in total. The van der Waals surface area contributed by atoms with Gasteiger partial charge in [-0.05, 0) is 45.0 Å². The Morgan fingerprint density at radius 3 is 2.65 bits per heavy atom. The van der Waals surface area contributed by atoms with Crippen molar-refractivity contribution in [1.82, 2.24) is 24.8 Å². The third kappa shape index (κ3) is 4.70. The van der Waals surface area contributed by atoms with Crippen LogP contribution in [-0.4, -0.2) is 69.3 Å². The molecule has 31 heavy (non-hydrogen) atoms. The number of amides is 2. The SMILES string of the molecule is CCN(CCN1CCCCC1)C(=O)C[C@H]1c2nccnc2C(=O)N1c1ccc(Cl)cn1. The number of hydrogen-bond acceptors (Lipinski definition) is 6. The molecule has 2 aromatic heterocycles. The molecule has 0 aliphatic carbocycles. The van der Waals surface area contributed by atoms with E-state index in [1.165, 1.54) is 36.6 Å². The Balaban J connectivity index is 1.52. The number of halogens is 1. The first-order chi connectivity index (χ1) is 15.1. The largest absolute Gasteiger partial charge is 0.342 e. The Kier molecular flexibility index (Phi) is 6.77. The second-order valence-electron chi connectivity index (χ2n) is 7.90. The van der Waals surface area contributed by atoms with Gasteiger partial charge in [0, 0.05) is 38.2 Å². The van der Waals surface area contributed by atoms with Crippen LogP contribution in [0.15, 0.2) is 30.7 Å². The van der Waals surface area contributed by atoms with Crippen LogP contribution in [0.1, 0.15) is 54.8 Å². The molecule has 0 aromatic carbocycles. The zero-order chi connectivity index (χ0) is 21.8. The van der Waals surface area contributed by atoms with Crippen LogP contribution in [0.5, 0.6) is 0 Å². The summed E-state index contributed by atoms with van der Waals surface area (Å²) in [7, 11) is 0. The number of piperidine rings is 1. The Labute approximate surface area is 187 Å². The van der Waals surface area contributed by atoms with Crippen LogP contribution in [0, 0.1) is 0 Å². The molecule has 2 amide bonds. The maximum Gasteiger partial charge on any atom is 0.280 e. The van der Waals surface area contributed by atoms with E-state index in [0.717, 1.165) is 19.6 Å². The van der Waals surface area contributed by atoms with Crippen molar-refractivity contribution in [3.8, 4) is 0 Å². The summed E-state index contributed by atoms with van der Waals surface area (Å²) in [6, 6.07) is 2.82. The lowest BCUT2D eigenvalue weighted by atomic mass is 10.1. The second kappa shape index (κ2) is 9.70. The number of carbonyl (C=O) groups excluding carboxylic acids is 2. The first kappa shape index (κ1) is 21.6. The van der Waals surface area contributed by atoms with Gasteiger partial charge in [-0.15, -0.1) is 0 Å².